The number of nitrogens with two attached hydrogens (primary N) is 2. The van der Waals surface area contributed by atoms with E-state index in [2.05, 4.69) is 42.2 Å². The highest BCUT2D eigenvalue weighted by molar-refractivity contribution is 8.44. The zero-order chi connectivity index (χ0) is 31.4. The van der Waals surface area contributed by atoms with Crippen molar-refractivity contribution in [1.82, 2.24) is 39.0 Å². The summed E-state index contributed by atoms with van der Waals surface area (Å²) in [6, 6.07) is 0.0490. The average molecular weight is 691 g/mol. The number of imidazole rings is 2. The molecule has 238 valence electrons. The van der Waals surface area contributed by atoms with Gasteiger partial charge in [0.1, 0.15) is 35.9 Å². The van der Waals surface area contributed by atoms with Crippen LogP contribution in [0.4, 0.5) is 16.0 Å². The average Bonchev–Trinajstić information content (AvgIpc) is 3.68. The van der Waals surface area contributed by atoms with Gasteiger partial charge in [-0.1, -0.05) is 19.2 Å². The summed E-state index contributed by atoms with van der Waals surface area (Å²) < 4.78 is 60.0. The molecule has 2 unspecified atom stereocenters. The molecule has 1 saturated heterocycles. The number of halogens is 1. The summed E-state index contributed by atoms with van der Waals surface area (Å²) in [4.78, 5) is 34.8. The van der Waals surface area contributed by atoms with Crippen LogP contribution >= 0.6 is 25.8 Å². The molecule has 17 nitrogen and oxygen atoms in total. The highest BCUT2D eigenvalue weighted by Crippen LogP contribution is 2.58. The molecular weight excluding hydrogens is 661 g/mol. The van der Waals surface area contributed by atoms with E-state index >= 15 is 4.39 Å². The van der Waals surface area contributed by atoms with E-state index in [1.807, 2.05) is 11.5 Å². The van der Waals surface area contributed by atoms with Crippen LogP contribution in [0.15, 0.2) is 25.3 Å². The Morgan fingerprint density at radius 3 is 2.30 bits per heavy atom. The van der Waals surface area contributed by atoms with E-state index in [0.717, 1.165) is 0 Å². The van der Waals surface area contributed by atoms with Crippen LogP contribution in [0.25, 0.3) is 22.3 Å². The first-order valence-electron chi connectivity index (χ1n) is 13.2. The van der Waals surface area contributed by atoms with Crippen molar-refractivity contribution in [2.45, 2.75) is 44.0 Å². The van der Waals surface area contributed by atoms with Crippen molar-refractivity contribution in [1.29, 1.82) is 0 Å². The summed E-state index contributed by atoms with van der Waals surface area (Å²) >= 11 is 9.02. The first-order chi connectivity index (χ1) is 20.9. The fraction of sp³-hybridized carbons (Fsp3) is 0.545. The number of fused-ring (bicyclic) bond motifs is 2. The number of nitrogens with zero attached hydrogens (tertiary/aromatic N) is 8. The van der Waals surface area contributed by atoms with Gasteiger partial charge in [0.05, 0.1) is 25.9 Å². The van der Waals surface area contributed by atoms with Crippen LogP contribution in [-0.4, -0.2) is 82.6 Å². The quantitative estimate of drug-likeness (QED) is 0.131. The van der Waals surface area contributed by atoms with Gasteiger partial charge in [-0.05, 0) is 30.1 Å². The number of hydrogen-bond acceptors (Lipinski definition) is 15. The first kappa shape index (κ1) is 31.6. The van der Waals surface area contributed by atoms with Gasteiger partial charge in [0.2, 0.25) is 0 Å². The molecule has 44 heavy (non-hydrogen) atoms. The molecule has 1 saturated carbocycles. The molecule has 0 spiro atoms. The lowest BCUT2D eigenvalue weighted by atomic mass is 9.70. The van der Waals surface area contributed by atoms with E-state index < -0.39 is 44.7 Å². The van der Waals surface area contributed by atoms with E-state index in [-0.39, 0.29) is 41.5 Å². The van der Waals surface area contributed by atoms with E-state index in [1.165, 1.54) is 30.7 Å². The molecule has 5 N–H and O–H groups in total. The molecule has 5 heterocycles. The van der Waals surface area contributed by atoms with Gasteiger partial charge in [0.15, 0.2) is 35.3 Å². The molecular formula is C22H29FN10O7P2S2. The second-order valence-corrected chi connectivity index (χ2v) is 16.2. The van der Waals surface area contributed by atoms with E-state index in [0.29, 0.717) is 23.4 Å². The Bertz CT molecular complexity index is 1780. The third-order valence-electron chi connectivity index (χ3n) is 7.91. The van der Waals surface area contributed by atoms with Gasteiger partial charge in [0, 0.05) is 13.2 Å². The van der Waals surface area contributed by atoms with Crippen molar-refractivity contribution in [3.05, 3.63) is 25.3 Å². The predicted octanol–water partition coefficient (Wildman–Crippen LogP) is 2.58. The molecule has 0 radical (unpaired) electrons. The lowest BCUT2D eigenvalue weighted by Gasteiger charge is -2.43. The standard InChI is InChI=1S/C22H29FN10O7P2S2/c1-10-11(3-12(10)32-8-30-15-18(24)26-6-28-20(15)32)4-37-42(35,44)40-17-13(5-38-41(34,43)36-2)39-22(14(17)23)33-9-31-16-19(25)27-7-29-21(16)33/h6-14,17,22H,3-5H2,1-2H3,(H,34,43)(H,35,44)(H2,24,26,28)(H2,25,27,29)/t10-,11-,12-,13-,14-,17-,22-,41?,42?/m1/s1. The van der Waals surface area contributed by atoms with Crippen LogP contribution in [0, 0.1) is 11.8 Å². The second kappa shape index (κ2) is 12.1. The van der Waals surface area contributed by atoms with Crippen LogP contribution in [0.3, 0.4) is 0 Å². The maximum absolute atomic E-state index is 16.1. The zero-order valence-electron chi connectivity index (χ0n) is 23.2. The number of aromatic nitrogens is 8. The van der Waals surface area contributed by atoms with Gasteiger partial charge >= 0.3 is 13.5 Å². The lowest BCUT2D eigenvalue weighted by Crippen LogP contribution is -2.39. The Hall–Kier alpha value is -2.38. The number of nitrogen functional groups attached to an aromatic ring is 2. The molecule has 4 aromatic heterocycles. The number of thiol groups is 1. The minimum Gasteiger partial charge on any atom is -0.382 e. The molecule has 6 rings (SSSR count). The summed E-state index contributed by atoms with van der Waals surface area (Å²) in [6.45, 7) is -6.20. The number of rotatable bonds is 11. The molecule has 0 aromatic carbocycles. The fourth-order valence-corrected chi connectivity index (χ4v) is 7.54. The maximum atomic E-state index is 16.1. The van der Waals surface area contributed by atoms with Crippen molar-refractivity contribution in [3.63, 3.8) is 0 Å². The summed E-state index contributed by atoms with van der Waals surface area (Å²) in [7, 11) is 1.17. The molecule has 2 aliphatic rings. The van der Waals surface area contributed by atoms with Gasteiger partial charge in [-0.2, -0.15) is 0 Å². The van der Waals surface area contributed by atoms with Crippen molar-refractivity contribution < 1.29 is 36.7 Å². The van der Waals surface area contributed by atoms with Gasteiger partial charge < -0.3 is 39.2 Å². The molecule has 9 atom stereocenters. The number of hydrogen-bond donors (Lipinski definition) is 4. The van der Waals surface area contributed by atoms with Crippen LogP contribution in [-0.2, 0) is 39.2 Å². The fourth-order valence-electron chi connectivity index (χ4n) is 5.39. The van der Waals surface area contributed by atoms with Crippen LogP contribution in [0.2, 0.25) is 0 Å². The number of ether oxygens (including phenoxy) is 1. The second-order valence-electron chi connectivity index (χ2n) is 10.4. The predicted molar refractivity (Wildman–Crippen MR) is 161 cm³/mol. The Kier molecular flexibility index (Phi) is 8.68. The normalized spacial score (nSPS) is 29.9. The third-order valence-corrected chi connectivity index (χ3v) is 11.2. The van der Waals surface area contributed by atoms with Crippen molar-refractivity contribution in [3.8, 4) is 0 Å². The molecule has 2 fully saturated rings. The lowest BCUT2D eigenvalue weighted by molar-refractivity contribution is -0.0421. The number of anilines is 2. The van der Waals surface area contributed by atoms with Gasteiger partial charge in [0.25, 0.3) is 0 Å². The Morgan fingerprint density at radius 2 is 1.68 bits per heavy atom. The van der Waals surface area contributed by atoms with Gasteiger partial charge in [-0.15, -0.1) is 0 Å². The molecule has 22 heteroatoms. The Balaban J connectivity index is 1.14. The number of alkyl halides is 1. The van der Waals surface area contributed by atoms with Crippen LogP contribution in [0.1, 0.15) is 25.6 Å². The Morgan fingerprint density at radius 1 is 1.07 bits per heavy atom. The largest absolute Gasteiger partial charge is 0.386 e. The molecule has 0 amide bonds. The molecule has 1 aliphatic heterocycles. The van der Waals surface area contributed by atoms with Crippen LogP contribution in [0.5, 0.6) is 0 Å². The minimum atomic E-state index is -4.15. The molecule has 1 aliphatic carbocycles. The molecule has 4 aromatic rings. The van der Waals surface area contributed by atoms with E-state index in [9.17, 15) is 9.46 Å². The van der Waals surface area contributed by atoms with E-state index in [4.69, 9.17) is 46.1 Å². The monoisotopic (exact) mass is 690 g/mol. The van der Waals surface area contributed by atoms with Gasteiger partial charge in [-0.3, -0.25) is 9.09 Å². The Labute approximate surface area is 259 Å². The summed E-state index contributed by atoms with van der Waals surface area (Å²) in [5.41, 5.74) is 13.4. The topological polar surface area (TPSA) is 223 Å². The van der Waals surface area contributed by atoms with E-state index in [1.54, 1.807) is 6.33 Å². The zero-order valence-corrected chi connectivity index (χ0v) is 26.7. The SMILES string of the molecule is COP(O)(=S)OC[C@H]1O[C@@H](n2cnc3c(N)ncnc32)[C@H](F)[C@@H]1OP(=O)(S)OC[C@H]1C[C@@H](n2cnc3c(N)ncnc32)[C@@H]1C. The van der Waals surface area contributed by atoms with Crippen molar-refractivity contribution in [2.75, 3.05) is 31.8 Å². The molecule has 0 bridgehead atoms. The summed E-state index contributed by atoms with van der Waals surface area (Å²) in [6.07, 6.45) is 0.190. The van der Waals surface area contributed by atoms with Gasteiger partial charge in [-0.25, -0.2) is 38.9 Å². The van der Waals surface area contributed by atoms with Crippen molar-refractivity contribution >= 4 is 71.5 Å². The highest BCUT2D eigenvalue weighted by atomic mass is 32.7. The van der Waals surface area contributed by atoms with Crippen molar-refractivity contribution in [2.24, 2.45) is 11.8 Å². The summed E-state index contributed by atoms with van der Waals surface area (Å²) in [5, 5.41) is 0. The third kappa shape index (κ3) is 5.95. The van der Waals surface area contributed by atoms with Crippen LogP contribution < -0.4 is 11.5 Å². The maximum Gasteiger partial charge on any atom is 0.386 e. The minimum absolute atomic E-state index is 0.0160. The highest BCUT2D eigenvalue weighted by Gasteiger charge is 2.51. The summed E-state index contributed by atoms with van der Waals surface area (Å²) in [5.74, 6) is 0.452. The first-order valence-corrected chi connectivity index (χ1v) is 18.5. The smallest absolute Gasteiger partial charge is 0.382 e.